The first kappa shape index (κ1) is 11.1. The van der Waals surface area contributed by atoms with Crippen LogP contribution in [-0.2, 0) is 11.3 Å². The lowest BCUT2D eigenvalue weighted by molar-refractivity contribution is -0.128. The van der Waals surface area contributed by atoms with Crippen molar-refractivity contribution >= 4 is 11.9 Å². The van der Waals surface area contributed by atoms with Gasteiger partial charge in [0.1, 0.15) is 0 Å². The van der Waals surface area contributed by atoms with E-state index in [1.165, 1.54) is 4.90 Å². The number of amides is 1. The Hall–Kier alpha value is -2.35. The van der Waals surface area contributed by atoms with Gasteiger partial charge in [-0.3, -0.25) is 20.0 Å². The first-order valence-corrected chi connectivity index (χ1v) is 5.35. The molecule has 1 aliphatic heterocycles. The highest BCUT2D eigenvalue weighted by atomic mass is 16.2. The molecule has 5 nitrogen and oxygen atoms in total. The molecule has 1 heterocycles. The van der Waals surface area contributed by atoms with Crippen LogP contribution in [0.4, 0.5) is 0 Å². The van der Waals surface area contributed by atoms with Gasteiger partial charge in [-0.1, -0.05) is 30.3 Å². The van der Waals surface area contributed by atoms with Crippen LogP contribution in [0.3, 0.4) is 0 Å². The molecule has 86 valence electrons. The summed E-state index contributed by atoms with van der Waals surface area (Å²) in [7, 11) is 0. The lowest BCUT2D eigenvalue weighted by atomic mass is 10.2. The second-order valence-corrected chi connectivity index (χ2v) is 3.66. The first-order valence-electron chi connectivity index (χ1n) is 5.35. The van der Waals surface area contributed by atoms with E-state index in [-0.39, 0.29) is 5.91 Å². The maximum Gasteiger partial charge on any atom is 0.231 e. The number of carbonyl (C=O) groups is 1. The molecule has 0 saturated carbocycles. The molecular formula is C12H12N4O. The summed E-state index contributed by atoms with van der Waals surface area (Å²) in [4.78, 5) is 17.4. The van der Waals surface area contributed by atoms with Crippen LogP contribution in [0.2, 0.25) is 0 Å². The van der Waals surface area contributed by atoms with Crippen LogP contribution in [0.15, 0.2) is 35.3 Å². The van der Waals surface area contributed by atoms with Gasteiger partial charge in [-0.2, -0.15) is 5.26 Å². The van der Waals surface area contributed by atoms with Gasteiger partial charge in [0, 0.05) is 6.42 Å². The number of benzene rings is 1. The molecule has 1 N–H and O–H groups in total. The third kappa shape index (κ3) is 2.61. The molecule has 0 saturated heterocycles. The van der Waals surface area contributed by atoms with Gasteiger partial charge in [0.25, 0.3) is 0 Å². The predicted octanol–water partition coefficient (Wildman–Crippen LogP) is 0.846. The number of hydrogen-bond acceptors (Lipinski definition) is 4. The van der Waals surface area contributed by atoms with E-state index in [4.69, 9.17) is 5.26 Å². The van der Waals surface area contributed by atoms with Crippen LogP contribution in [0.1, 0.15) is 12.0 Å². The fraction of sp³-hybridized carbons (Fsp3) is 0.250. The number of guanidine groups is 1. The molecule has 0 aliphatic carbocycles. The summed E-state index contributed by atoms with van der Waals surface area (Å²) in [6.45, 7) is 0.876. The van der Waals surface area contributed by atoms with Crippen molar-refractivity contribution in [1.82, 2.24) is 10.2 Å². The minimum atomic E-state index is -0.0124. The minimum absolute atomic E-state index is 0.0124. The molecule has 1 amide bonds. The Labute approximate surface area is 99.4 Å². The molecule has 1 aromatic carbocycles. The van der Waals surface area contributed by atoms with E-state index >= 15 is 0 Å². The number of hydrogen-bond donors (Lipinski definition) is 1. The van der Waals surface area contributed by atoms with Crippen molar-refractivity contribution in [3.05, 3.63) is 35.9 Å². The van der Waals surface area contributed by atoms with Crippen LogP contribution in [-0.4, -0.2) is 23.3 Å². The summed E-state index contributed by atoms with van der Waals surface area (Å²) >= 11 is 0. The van der Waals surface area contributed by atoms with Crippen molar-refractivity contribution in [1.29, 1.82) is 5.26 Å². The fourth-order valence-electron chi connectivity index (χ4n) is 1.68. The summed E-state index contributed by atoms with van der Waals surface area (Å²) in [5.41, 5.74) is 1.01. The Bertz CT molecular complexity index is 475. The van der Waals surface area contributed by atoms with Gasteiger partial charge in [-0.25, -0.2) is 0 Å². The molecule has 0 radical (unpaired) electrons. The molecule has 5 heteroatoms. The minimum Gasteiger partial charge on any atom is -0.278 e. The molecule has 0 aromatic heterocycles. The highest BCUT2D eigenvalue weighted by Gasteiger charge is 2.23. The van der Waals surface area contributed by atoms with E-state index in [1.54, 1.807) is 6.19 Å². The summed E-state index contributed by atoms with van der Waals surface area (Å²) in [5.74, 6) is 0.328. The summed E-state index contributed by atoms with van der Waals surface area (Å²) in [6, 6.07) is 9.62. The lowest BCUT2D eigenvalue weighted by Crippen LogP contribution is -2.45. The zero-order chi connectivity index (χ0) is 12.1. The molecule has 1 aliphatic rings. The van der Waals surface area contributed by atoms with Gasteiger partial charge in [0.2, 0.25) is 11.9 Å². The Morgan fingerprint density at radius 1 is 1.41 bits per heavy atom. The number of nitrogens with one attached hydrogen (secondary N) is 1. The molecular weight excluding hydrogens is 216 g/mol. The largest absolute Gasteiger partial charge is 0.278 e. The Morgan fingerprint density at radius 3 is 2.88 bits per heavy atom. The second kappa shape index (κ2) is 5.12. The Balaban J connectivity index is 2.17. The zero-order valence-corrected chi connectivity index (χ0v) is 9.26. The third-order valence-electron chi connectivity index (χ3n) is 2.50. The van der Waals surface area contributed by atoms with Crippen molar-refractivity contribution in [2.45, 2.75) is 13.0 Å². The lowest BCUT2D eigenvalue weighted by Gasteiger charge is -2.26. The van der Waals surface area contributed by atoms with Crippen molar-refractivity contribution in [3.63, 3.8) is 0 Å². The summed E-state index contributed by atoms with van der Waals surface area (Å²) in [5, 5.41) is 11.1. The topological polar surface area (TPSA) is 68.5 Å². The second-order valence-electron chi connectivity index (χ2n) is 3.66. The van der Waals surface area contributed by atoms with E-state index in [1.807, 2.05) is 30.3 Å². The quantitative estimate of drug-likeness (QED) is 0.602. The number of carbonyl (C=O) groups excluding carboxylic acids is 1. The highest BCUT2D eigenvalue weighted by Crippen LogP contribution is 2.09. The standard InChI is InChI=1S/C12H12N4O/c13-9-15-12-14-7-6-11(17)16(12)8-10-4-2-1-3-5-10/h1-5H,6-8H2,(H,14,15). The van der Waals surface area contributed by atoms with Gasteiger partial charge in [-0.15, -0.1) is 0 Å². The van der Waals surface area contributed by atoms with Crippen molar-refractivity contribution in [2.75, 3.05) is 6.54 Å². The van der Waals surface area contributed by atoms with E-state index in [2.05, 4.69) is 10.3 Å². The van der Waals surface area contributed by atoms with Crippen LogP contribution in [0.5, 0.6) is 0 Å². The number of nitrogens with zero attached hydrogens (tertiary/aromatic N) is 3. The van der Waals surface area contributed by atoms with Crippen LogP contribution in [0, 0.1) is 11.5 Å². The van der Waals surface area contributed by atoms with Gasteiger partial charge in [0.15, 0.2) is 6.19 Å². The van der Waals surface area contributed by atoms with E-state index in [0.29, 0.717) is 25.5 Å². The van der Waals surface area contributed by atoms with Gasteiger partial charge >= 0.3 is 0 Å². The predicted molar refractivity (Wildman–Crippen MR) is 62.7 cm³/mol. The van der Waals surface area contributed by atoms with Crippen LogP contribution in [0.25, 0.3) is 0 Å². The van der Waals surface area contributed by atoms with E-state index in [0.717, 1.165) is 5.56 Å². The molecule has 0 atom stereocenters. The van der Waals surface area contributed by atoms with Crippen molar-refractivity contribution in [3.8, 4) is 6.19 Å². The molecule has 0 spiro atoms. The van der Waals surface area contributed by atoms with Crippen molar-refractivity contribution in [2.24, 2.45) is 4.99 Å². The highest BCUT2D eigenvalue weighted by molar-refractivity contribution is 5.99. The molecule has 0 unspecified atom stereocenters. The smallest absolute Gasteiger partial charge is 0.231 e. The fourth-order valence-corrected chi connectivity index (χ4v) is 1.68. The maximum absolute atomic E-state index is 11.8. The van der Waals surface area contributed by atoms with Gasteiger partial charge < -0.3 is 0 Å². The average molecular weight is 228 g/mol. The first-order chi connectivity index (χ1) is 8.31. The zero-order valence-electron chi connectivity index (χ0n) is 9.26. The van der Waals surface area contributed by atoms with Crippen LogP contribution >= 0.6 is 0 Å². The van der Waals surface area contributed by atoms with Gasteiger partial charge in [0.05, 0.1) is 13.1 Å². The van der Waals surface area contributed by atoms with Crippen molar-refractivity contribution < 1.29 is 4.79 Å². The summed E-state index contributed by atoms with van der Waals surface area (Å²) < 4.78 is 0. The maximum atomic E-state index is 11.8. The summed E-state index contributed by atoms with van der Waals surface area (Å²) in [6.07, 6.45) is 2.19. The number of aliphatic imine (C=N–C) groups is 1. The molecule has 2 rings (SSSR count). The third-order valence-corrected chi connectivity index (χ3v) is 2.50. The SMILES string of the molecule is N#CNC1=NCCC(=O)N1Cc1ccccc1. The Kier molecular flexibility index (Phi) is 3.36. The van der Waals surface area contributed by atoms with Gasteiger partial charge in [-0.05, 0) is 5.56 Å². The Morgan fingerprint density at radius 2 is 2.18 bits per heavy atom. The number of rotatable bonds is 2. The molecule has 0 bridgehead atoms. The molecule has 0 fully saturated rings. The van der Waals surface area contributed by atoms with E-state index in [9.17, 15) is 4.79 Å². The molecule has 17 heavy (non-hydrogen) atoms. The average Bonchev–Trinajstić information content (AvgIpc) is 2.35. The molecule has 1 aromatic rings. The van der Waals surface area contributed by atoms with E-state index < -0.39 is 0 Å². The normalized spacial score (nSPS) is 15.1. The number of nitriles is 1. The van der Waals surface area contributed by atoms with Crippen LogP contribution < -0.4 is 5.32 Å². The monoisotopic (exact) mass is 228 g/mol.